The molecule has 0 fully saturated rings. The first-order valence-electron chi connectivity index (χ1n) is 15.9. The van der Waals surface area contributed by atoms with Gasteiger partial charge in [-0.3, -0.25) is 38.8 Å². The number of amides is 6. The molecule has 0 aromatic heterocycles. The molecule has 0 saturated carbocycles. The molecule has 51 heavy (non-hydrogen) atoms. The molecule has 0 saturated heterocycles. The van der Waals surface area contributed by atoms with Crippen LogP contribution in [0, 0.1) is 0 Å². The van der Waals surface area contributed by atoms with E-state index in [9.17, 15) is 38.7 Å². The van der Waals surface area contributed by atoms with Crippen molar-refractivity contribution < 1.29 is 38.7 Å². The SMILES string of the molecule is CSCC[C@H](NC(=O)[C@H](C)NC(=O)[C@H](CCCN=C(N)N)NC(=O)[C@H](CCCN=C(N)N)NC(=O)[C@@H](N)CCC(N)=O)C(=O)N[C@@H](CS)C(=O)O. The summed E-state index contributed by atoms with van der Waals surface area (Å²) in [6.07, 6.45) is 2.16. The highest BCUT2D eigenvalue weighted by atomic mass is 32.2. The Morgan fingerprint density at radius 3 is 1.53 bits per heavy atom. The van der Waals surface area contributed by atoms with Crippen LogP contribution in [0.1, 0.15) is 51.9 Å². The first-order valence-corrected chi connectivity index (χ1v) is 17.9. The van der Waals surface area contributed by atoms with Crippen LogP contribution >= 0.6 is 24.4 Å². The molecule has 0 rings (SSSR count). The molecule has 0 unspecified atom stereocenters. The Morgan fingerprint density at radius 2 is 1.10 bits per heavy atom. The fourth-order valence-corrected chi connectivity index (χ4v) is 4.88. The Balaban J connectivity index is 6.00. The maximum absolute atomic E-state index is 13.5. The summed E-state index contributed by atoms with van der Waals surface area (Å²) in [4.78, 5) is 95.9. The van der Waals surface area contributed by atoms with Crippen LogP contribution in [-0.4, -0.2) is 126 Å². The third-order valence-electron chi connectivity index (χ3n) is 6.99. The number of hydrogen-bond acceptors (Lipinski definition) is 12. The van der Waals surface area contributed by atoms with Crippen LogP contribution in [0.4, 0.5) is 0 Å². The predicted molar refractivity (Wildman–Crippen MR) is 196 cm³/mol. The van der Waals surface area contributed by atoms with Crippen LogP contribution in [0.5, 0.6) is 0 Å². The lowest BCUT2D eigenvalue weighted by atomic mass is 10.1. The number of thioether (sulfide) groups is 1. The van der Waals surface area contributed by atoms with Crippen LogP contribution in [-0.2, 0) is 33.6 Å². The quantitative estimate of drug-likeness (QED) is 0.0170. The summed E-state index contributed by atoms with van der Waals surface area (Å²) < 4.78 is 0. The molecule has 0 aromatic carbocycles. The number of carbonyl (C=O) groups is 7. The van der Waals surface area contributed by atoms with Crippen molar-refractivity contribution in [2.75, 3.05) is 30.9 Å². The molecule has 0 aliphatic rings. The molecular formula is C28H53N13O8S2. The Bertz CT molecular complexity index is 1250. The lowest BCUT2D eigenvalue weighted by Crippen LogP contribution is -2.58. The zero-order chi connectivity index (χ0) is 39.1. The Kier molecular flexibility index (Phi) is 23.2. The van der Waals surface area contributed by atoms with Crippen molar-refractivity contribution in [2.45, 2.75) is 88.1 Å². The van der Waals surface area contributed by atoms with Crippen molar-refractivity contribution in [3.8, 4) is 0 Å². The zero-order valence-corrected chi connectivity index (χ0v) is 30.5. The van der Waals surface area contributed by atoms with Gasteiger partial charge in [-0.1, -0.05) is 0 Å². The number of hydrogen-bond donors (Lipinski definition) is 13. The standard InChI is InChI=1S/C28H53N13O8S2/c1-14(21(43)38-18(9-12-51-2)25(47)41-19(13-50)26(48)49)37-23(45)16(5-3-10-35-27(31)32)40-24(46)17(6-4-11-36-28(33)34)39-22(44)15(29)7-8-20(30)42/h14-19,50H,3-13,29H2,1-2H3,(H2,30,42)(H,37,45)(H,38,43)(H,39,44)(H,40,46)(H,41,47)(H,48,49)(H4,31,32,35)(H4,33,34,36)/t14-,15-,16-,17-,18-,19-/m0/s1. The van der Waals surface area contributed by atoms with Crippen LogP contribution in [0.2, 0.25) is 0 Å². The van der Waals surface area contributed by atoms with Crippen molar-refractivity contribution in [3.63, 3.8) is 0 Å². The monoisotopic (exact) mass is 763 g/mol. The molecule has 0 heterocycles. The molecule has 18 N–H and O–H groups in total. The Morgan fingerprint density at radius 1 is 0.667 bits per heavy atom. The summed E-state index contributed by atoms with van der Waals surface area (Å²) in [5, 5.41) is 21.7. The van der Waals surface area contributed by atoms with Gasteiger partial charge < -0.3 is 66.1 Å². The topological polar surface area (TPSA) is 381 Å². The number of aliphatic carboxylic acids is 1. The molecule has 290 valence electrons. The van der Waals surface area contributed by atoms with E-state index in [0.29, 0.717) is 5.75 Å². The normalized spacial score (nSPS) is 14.2. The number of primary amides is 1. The molecular weight excluding hydrogens is 711 g/mol. The second-order valence-corrected chi connectivity index (χ2v) is 12.6. The molecule has 6 amide bonds. The van der Waals surface area contributed by atoms with E-state index in [0.717, 1.165) is 0 Å². The van der Waals surface area contributed by atoms with E-state index in [1.165, 1.54) is 18.7 Å². The lowest BCUT2D eigenvalue weighted by Gasteiger charge is -2.26. The first kappa shape index (κ1) is 46.5. The van der Waals surface area contributed by atoms with Crippen molar-refractivity contribution in [1.82, 2.24) is 26.6 Å². The average molecular weight is 764 g/mol. The number of carbonyl (C=O) groups excluding carboxylic acids is 6. The molecule has 23 heteroatoms. The fourth-order valence-electron chi connectivity index (χ4n) is 4.16. The number of nitrogens with one attached hydrogen (secondary N) is 5. The fraction of sp³-hybridized carbons (Fsp3) is 0.679. The summed E-state index contributed by atoms with van der Waals surface area (Å²) in [7, 11) is 0. The summed E-state index contributed by atoms with van der Waals surface area (Å²) in [5.41, 5.74) is 32.5. The Labute approximate surface area is 305 Å². The number of thiol groups is 1. The minimum absolute atomic E-state index is 0.00541. The van der Waals surface area contributed by atoms with Gasteiger partial charge in [-0.2, -0.15) is 24.4 Å². The molecule has 0 aromatic rings. The highest BCUT2D eigenvalue weighted by molar-refractivity contribution is 7.98. The number of carboxylic acids is 1. The van der Waals surface area contributed by atoms with E-state index in [-0.39, 0.29) is 75.7 Å². The van der Waals surface area contributed by atoms with Crippen LogP contribution in [0.3, 0.4) is 0 Å². The molecule has 21 nitrogen and oxygen atoms in total. The van der Waals surface area contributed by atoms with Crippen LogP contribution in [0.25, 0.3) is 0 Å². The molecule has 0 bridgehead atoms. The summed E-state index contributed by atoms with van der Waals surface area (Å²) in [6.45, 7) is 1.57. The third-order valence-corrected chi connectivity index (χ3v) is 8.00. The van der Waals surface area contributed by atoms with Crippen molar-refractivity contribution in [1.29, 1.82) is 0 Å². The van der Waals surface area contributed by atoms with E-state index in [4.69, 9.17) is 34.4 Å². The second-order valence-electron chi connectivity index (χ2n) is 11.3. The number of nitrogens with zero attached hydrogens (tertiary/aromatic N) is 2. The first-order chi connectivity index (χ1) is 23.9. The van der Waals surface area contributed by atoms with E-state index in [1.807, 2.05) is 0 Å². The lowest BCUT2D eigenvalue weighted by molar-refractivity contribution is -0.141. The van der Waals surface area contributed by atoms with Crippen molar-refractivity contribution >= 4 is 77.7 Å². The summed E-state index contributed by atoms with van der Waals surface area (Å²) in [5.74, 6) is -5.89. The highest BCUT2D eigenvalue weighted by Gasteiger charge is 2.31. The second kappa shape index (κ2) is 25.4. The number of aliphatic imine (C=N–C) groups is 2. The minimum Gasteiger partial charge on any atom is -0.480 e. The molecule has 0 aliphatic carbocycles. The van der Waals surface area contributed by atoms with Gasteiger partial charge in [0.25, 0.3) is 0 Å². The van der Waals surface area contributed by atoms with Gasteiger partial charge >= 0.3 is 5.97 Å². The minimum atomic E-state index is -1.30. The summed E-state index contributed by atoms with van der Waals surface area (Å²) in [6, 6.07) is -7.29. The van der Waals surface area contributed by atoms with E-state index < -0.39 is 77.7 Å². The van der Waals surface area contributed by atoms with Gasteiger partial charge in [0.2, 0.25) is 35.4 Å². The van der Waals surface area contributed by atoms with Crippen molar-refractivity contribution in [3.05, 3.63) is 0 Å². The van der Waals surface area contributed by atoms with E-state index >= 15 is 0 Å². The van der Waals surface area contributed by atoms with Gasteiger partial charge in [-0.15, -0.1) is 0 Å². The van der Waals surface area contributed by atoms with Crippen molar-refractivity contribution in [2.24, 2.45) is 44.4 Å². The number of nitrogens with two attached hydrogens (primary N) is 6. The average Bonchev–Trinajstić information content (AvgIpc) is 3.05. The molecule has 6 atom stereocenters. The highest BCUT2D eigenvalue weighted by Crippen LogP contribution is 2.07. The molecule has 0 spiro atoms. The summed E-state index contributed by atoms with van der Waals surface area (Å²) >= 11 is 5.33. The third kappa shape index (κ3) is 20.7. The molecule has 0 radical (unpaired) electrons. The number of carboxylic acid groups (broad SMARTS) is 1. The maximum Gasteiger partial charge on any atom is 0.327 e. The van der Waals surface area contributed by atoms with Crippen LogP contribution < -0.4 is 61.0 Å². The molecule has 0 aliphatic heterocycles. The smallest absolute Gasteiger partial charge is 0.327 e. The van der Waals surface area contributed by atoms with Gasteiger partial charge in [0, 0.05) is 25.3 Å². The predicted octanol–water partition coefficient (Wildman–Crippen LogP) is -5.10. The Hall–Kier alpha value is -4.51. The number of rotatable bonds is 26. The van der Waals surface area contributed by atoms with Crippen LogP contribution in [0.15, 0.2) is 9.98 Å². The van der Waals surface area contributed by atoms with E-state index in [1.54, 1.807) is 6.26 Å². The van der Waals surface area contributed by atoms with Gasteiger partial charge in [0.05, 0.1) is 6.04 Å². The largest absolute Gasteiger partial charge is 0.480 e. The maximum atomic E-state index is 13.5. The number of guanidine groups is 2. The van der Waals surface area contributed by atoms with E-state index in [2.05, 4.69) is 49.2 Å². The zero-order valence-electron chi connectivity index (χ0n) is 28.8. The van der Waals surface area contributed by atoms with Gasteiger partial charge in [-0.05, 0) is 57.5 Å². The van der Waals surface area contributed by atoms with Gasteiger partial charge in [0.15, 0.2) is 11.9 Å². The van der Waals surface area contributed by atoms with Gasteiger partial charge in [0.1, 0.15) is 30.2 Å². The van der Waals surface area contributed by atoms with Gasteiger partial charge in [-0.25, -0.2) is 4.79 Å².